The molecule has 3 unspecified atom stereocenters. The Morgan fingerprint density at radius 2 is 1.73 bits per heavy atom. The molecule has 0 aliphatic heterocycles. The van der Waals surface area contributed by atoms with Crippen molar-refractivity contribution in [3.05, 3.63) is 36.0 Å². The molecule has 0 spiro atoms. The molecule has 162 valence electrons. The van der Waals surface area contributed by atoms with E-state index in [9.17, 15) is 24.3 Å². The van der Waals surface area contributed by atoms with Crippen LogP contribution in [0.2, 0.25) is 0 Å². The van der Waals surface area contributed by atoms with Crippen molar-refractivity contribution in [3.63, 3.8) is 0 Å². The van der Waals surface area contributed by atoms with Crippen molar-refractivity contribution < 1.29 is 29.4 Å². The molecular formula is C19H25N5O6. The van der Waals surface area contributed by atoms with Crippen LogP contribution >= 0.6 is 0 Å². The number of aliphatic hydroxyl groups is 1. The van der Waals surface area contributed by atoms with Gasteiger partial charge in [-0.05, 0) is 18.6 Å². The SMILES string of the molecule is CC(NC(=O)C(Cc1c[nH]c2ccccc12)NC(=O)C(CO)NC(=O)CN)C(=O)O. The number of nitrogens with one attached hydrogen (secondary N) is 4. The standard InChI is InChI=1S/C19H25N5O6/c1-10(19(29)30)22-17(27)14(24-18(28)15(9-25)23-16(26)7-20)6-11-8-21-13-5-3-2-4-12(11)13/h2-5,8,10,14-15,21,25H,6-7,9,20H2,1H3,(H,22,27)(H,23,26)(H,24,28)(H,29,30). The summed E-state index contributed by atoms with van der Waals surface area (Å²) in [5.41, 5.74) is 6.76. The second-order valence-electron chi connectivity index (χ2n) is 6.70. The van der Waals surface area contributed by atoms with Crippen molar-refractivity contribution in [3.8, 4) is 0 Å². The van der Waals surface area contributed by atoms with Crippen molar-refractivity contribution in [1.82, 2.24) is 20.9 Å². The molecule has 8 N–H and O–H groups in total. The Hall–Kier alpha value is -3.44. The van der Waals surface area contributed by atoms with Crippen LogP contribution in [0, 0.1) is 0 Å². The molecular weight excluding hydrogens is 394 g/mol. The zero-order valence-corrected chi connectivity index (χ0v) is 16.3. The fraction of sp³-hybridized carbons (Fsp3) is 0.368. The highest BCUT2D eigenvalue weighted by molar-refractivity contribution is 5.94. The number of rotatable bonds is 10. The minimum atomic E-state index is -1.31. The van der Waals surface area contributed by atoms with Crippen LogP contribution in [0.4, 0.5) is 0 Å². The number of benzene rings is 1. The molecule has 3 atom stereocenters. The molecule has 0 fully saturated rings. The third-order valence-corrected chi connectivity index (χ3v) is 4.48. The highest BCUT2D eigenvalue weighted by Gasteiger charge is 2.28. The number of carbonyl (C=O) groups is 4. The minimum Gasteiger partial charge on any atom is -0.480 e. The maximum Gasteiger partial charge on any atom is 0.325 e. The van der Waals surface area contributed by atoms with Gasteiger partial charge in [0.1, 0.15) is 18.1 Å². The molecule has 3 amide bonds. The van der Waals surface area contributed by atoms with Crippen LogP contribution in [0.25, 0.3) is 10.9 Å². The number of aliphatic hydroxyl groups excluding tert-OH is 1. The Kier molecular flexibility index (Phi) is 7.90. The van der Waals surface area contributed by atoms with Gasteiger partial charge in [-0.25, -0.2) is 0 Å². The van der Waals surface area contributed by atoms with Crippen LogP contribution in [0.15, 0.2) is 30.5 Å². The van der Waals surface area contributed by atoms with Gasteiger partial charge in [0.25, 0.3) is 0 Å². The molecule has 0 saturated heterocycles. The molecule has 0 radical (unpaired) electrons. The van der Waals surface area contributed by atoms with Crippen molar-refractivity contribution >= 4 is 34.6 Å². The van der Waals surface area contributed by atoms with Gasteiger partial charge < -0.3 is 36.9 Å². The van der Waals surface area contributed by atoms with Crippen LogP contribution in [-0.2, 0) is 25.6 Å². The Morgan fingerprint density at radius 3 is 2.37 bits per heavy atom. The second kappa shape index (κ2) is 10.4. The number of carbonyl (C=O) groups excluding carboxylic acids is 3. The number of carboxylic acid groups (broad SMARTS) is 1. The lowest BCUT2D eigenvalue weighted by atomic mass is 10.0. The lowest BCUT2D eigenvalue weighted by Gasteiger charge is -2.23. The van der Waals surface area contributed by atoms with Gasteiger partial charge in [0.15, 0.2) is 0 Å². The summed E-state index contributed by atoms with van der Waals surface area (Å²) in [6.45, 7) is 0.215. The number of aromatic amines is 1. The largest absolute Gasteiger partial charge is 0.480 e. The molecule has 11 nitrogen and oxygen atoms in total. The fourth-order valence-electron chi connectivity index (χ4n) is 2.83. The summed E-state index contributed by atoms with van der Waals surface area (Å²) in [6.07, 6.45) is 1.74. The van der Waals surface area contributed by atoms with E-state index in [2.05, 4.69) is 20.9 Å². The molecule has 0 aliphatic carbocycles. The number of hydrogen-bond donors (Lipinski definition) is 7. The zero-order chi connectivity index (χ0) is 22.3. The first-order valence-corrected chi connectivity index (χ1v) is 9.25. The zero-order valence-electron chi connectivity index (χ0n) is 16.3. The molecule has 1 aromatic heterocycles. The number of carboxylic acids is 1. The number of fused-ring (bicyclic) bond motifs is 1. The van der Waals surface area contributed by atoms with E-state index in [1.807, 2.05) is 24.3 Å². The van der Waals surface area contributed by atoms with Gasteiger partial charge in [0, 0.05) is 23.5 Å². The number of hydrogen-bond acceptors (Lipinski definition) is 6. The van der Waals surface area contributed by atoms with Crippen molar-refractivity contribution in [2.75, 3.05) is 13.2 Å². The van der Waals surface area contributed by atoms with E-state index in [4.69, 9.17) is 10.8 Å². The number of aliphatic carboxylic acids is 1. The van der Waals surface area contributed by atoms with Gasteiger partial charge in [-0.2, -0.15) is 0 Å². The van der Waals surface area contributed by atoms with Gasteiger partial charge in [-0.1, -0.05) is 18.2 Å². The lowest BCUT2D eigenvalue weighted by Crippen LogP contribution is -2.57. The van der Waals surface area contributed by atoms with E-state index in [1.165, 1.54) is 6.92 Å². The quantitative estimate of drug-likeness (QED) is 0.237. The Labute approximate surface area is 172 Å². The van der Waals surface area contributed by atoms with Gasteiger partial charge in [-0.3, -0.25) is 19.2 Å². The Bertz CT molecular complexity index is 927. The topological polar surface area (TPSA) is 187 Å². The van der Waals surface area contributed by atoms with E-state index in [1.54, 1.807) is 6.20 Å². The van der Waals surface area contributed by atoms with Crippen LogP contribution < -0.4 is 21.7 Å². The van der Waals surface area contributed by atoms with Gasteiger partial charge in [0.2, 0.25) is 17.7 Å². The van der Waals surface area contributed by atoms with Crippen molar-refractivity contribution in [2.24, 2.45) is 5.73 Å². The summed E-state index contributed by atoms with van der Waals surface area (Å²) in [4.78, 5) is 50.8. The lowest BCUT2D eigenvalue weighted by molar-refractivity contribution is -0.141. The summed E-state index contributed by atoms with van der Waals surface area (Å²) in [7, 11) is 0. The minimum absolute atomic E-state index is 0.0525. The average molecular weight is 419 g/mol. The third-order valence-electron chi connectivity index (χ3n) is 4.48. The van der Waals surface area contributed by atoms with E-state index in [0.717, 1.165) is 16.5 Å². The molecule has 30 heavy (non-hydrogen) atoms. The van der Waals surface area contributed by atoms with E-state index in [-0.39, 0.29) is 13.0 Å². The van der Waals surface area contributed by atoms with Gasteiger partial charge in [-0.15, -0.1) is 0 Å². The molecule has 11 heteroatoms. The van der Waals surface area contributed by atoms with E-state index < -0.39 is 48.4 Å². The maximum absolute atomic E-state index is 12.7. The Morgan fingerprint density at radius 1 is 1.07 bits per heavy atom. The van der Waals surface area contributed by atoms with Crippen LogP contribution in [0.5, 0.6) is 0 Å². The average Bonchev–Trinajstić information content (AvgIpc) is 3.13. The summed E-state index contributed by atoms with van der Waals surface area (Å²) in [5.74, 6) is -3.40. The number of amides is 3. The van der Waals surface area contributed by atoms with E-state index >= 15 is 0 Å². The van der Waals surface area contributed by atoms with E-state index in [0.29, 0.717) is 0 Å². The highest BCUT2D eigenvalue weighted by Crippen LogP contribution is 2.19. The predicted molar refractivity (Wildman–Crippen MR) is 107 cm³/mol. The smallest absolute Gasteiger partial charge is 0.325 e. The second-order valence-corrected chi connectivity index (χ2v) is 6.70. The summed E-state index contributed by atoms with van der Waals surface area (Å²) in [6, 6.07) is 3.72. The van der Waals surface area contributed by atoms with Gasteiger partial charge >= 0.3 is 5.97 Å². The van der Waals surface area contributed by atoms with Crippen molar-refractivity contribution in [2.45, 2.75) is 31.5 Å². The number of aromatic nitrogens is 1. The Balaban J connectivity index is 2.24. The number of nitrogens with two attached hydrogens (primary N) is 1. The first-order chi connectivity index (χ1) is 14.3. The molecule has 1 aromatic carbocycles. The summed E-state index contributed by atoms with van der Waals surface area (Å²) >= 11 is 0. The molecule has 2 rings (SSSR count). The summed E-state index contributed by atoms with van der Waals surface area (Å²) < 4.78 is 0. The normalized spacial score (nSPS) is 13.8. The van der Waals surface area contributed by atoms with Crippen LogP contribution in [0.1, 0.15) is 12.5 Å². The van der Waals surface area contributed by atoms with Gasteiger partial charge in [0.05, 0.1) is 13.2 Å². The van der Waals surface area contributed by atoms with Crippen molar-refractivity contribution in [1.29, 1.82) is 0 Å². The monoisotopic (exact) mass is 419 g/mol. The predicted octanol–water partition coefficient (Wildman–Crippen LogP) is -1.78. The number of H-pyrrole nitrogens is 1. The third kappa shape index (κ3) is 5.78. The molecule has 0 bridgehead atoms. The molecule has 0 saturated carbocycles. The fourth-order valence-corrected chi connectivity index (χ4v) is 2.83. The molecule has 0 aliphatic rings. The number of para-hydroxylation sites is 1. The first kappa shape index (κ1) is 22.8. The first-order valence-electron chi connectivity index (χ1n) is 9.25. The van der Waals surface area contributed by atoms with Crippen LogP contribution in [-0.4, -0.2) is 70.2 Å². The maximum atomic E-state index is 12.7. The molecule has 1 heterocycles. The highest BCUT2D eigenvalue weighted by atomic mass is 16.4. The molecule has 2 aromatic rings. The summed E-state index contributed by atoms with van der Waals surface area (Å²) in [5, 5.41) is 26.3. The van der Waals surface area contributed by atoms with Crippen LogP contribution in [0.3, 0.4) is 0 Å².